The Bertz CT molecular complexity index is 1390. The van der Waals surface area contributed by atoms with Crippen molar-refractivity contribution in [2.75, 3.05) is 31.9 Å². The van der Waals surface area contributed by atoms with Gasteiger partial charge in [0.05, 0.1) is 20.7 Å². The molecule has 0 unspecified atom stereocenters. The average Bonchev–Trinajstić information content (AvgIpc) is 3.13. The minimum absolute atomic E-state index is 0.0610. The zero-order chi connectivity index (χ0) is 26.0. The van der Waals surface area contributed by atoms with E-state index in [1.807, 2.05) is 48.5 Å². The predicted molar refractivity (Wildman–Crippen MR) is 148 cm³/mol. The van der Waals surface area contributed by atoms with Gasteiger partial charge in [-0.3, -0.25) is 4.79 Å². The SMILES string of the molecule is O=C(NC[C@H](CCN1CCC2(CC1)CS(=O)(=O)c1ccccc12)c1ccc(Cl)c(Cl)c1)c1ccccc1. The molecule has 37 heavy (non-hydrogen) atoms. The molecule has 1 N–H and O–H groups in total. The van der Waals surface area contributed by atoms with E-state index in [0.29, 0.717) is 27.0 Å². The molecule has 3 aromatic rings. The van der Waals surface area contributed by atoms with E-state index in [1.165, 1.54) is 0 Å². The van der Waals surface area contributed by atoms with Gasteiger partial charge in [0.25, 0.3) is 5.91 Å². The lowest BCUT2D eigenvalue weighted by atomic mass is 9.74. The third kappa shape index (κ3) is 5.58. The Kier molecular flexibility index (Phi) is 7.64. The van der Waals surface area contributed by atoms with Gasteiger partial charge in [-0.05, 0) is 80.4 Å². The quantitative estimate of drug-likeness (QED) is 0.404. The fraction of sp³-hybridized carbons (Fsp3) is 0.345. The summed E-state index contributed by atoms with van der Waals surface area (Å²) < 4.78 is 25.6. The standard InChI is InChI=1S/C29H30Cl2N2O3S/c30-25-11-10-22(18-26(25)31)23(19-32-28(34)21-6-2-1-3-7-21)12-15-33-16-13-29(14-17-33)20-37(35,36)27-9-5-4-8-24(27)29/h1-11,18,23H,12-17,19-20H2,(H,32,34)/t23-/m0/s1. The van der Waals surface area contributed by atoms with Crippen molar-refractivity contribution >= 4 is 38.9 Å². The molecule has 0 aliphatic carbocycles. The smallest absolute Gasteiger partial charge is 0.251 e. The first-order valence-corrected chi connectivity index (χ1v) is 15.0. The van der Waals surface area contributed by atoms with E-state index in [9.17, 15) is 13.2 Å². The van der Waals surface area contributed by atoms with Gasteiger partial charge in [-0.25, -0.2) is 8.42 Å². The second-order valence-corrected chi connectivity index (χ2v) is 12.9. The molecule has 0 aromatic heterocycles. The summed E-state index contributed by atoms with van der Waals surface area (Å²) in [4.78, 5) is 15.6. The third-order valence-electron chi connectivity index (χ3n) is 7.83. The lowest BCUT2D eigenvalue weighted by molar-refractivity contribution is 0.0949. The van der Waals surface area contributed by atoms with E-state index in [2.05, 4.69) is 10.2 Å². The summed E-state index contributed by atoms with van der Waals surface area (Å²) in [6.07, 6.45) is 2.48. The van der Waals surface area contributed by atoms with Crippen molar-refractivity contribution < 1.29 is 13.2 Å². The molecule has 1 atom stereocenters. The summed E-state index contributed by atoms with van der Waals surface area (Å²) in [7, 11) is -3.22. The van der Waals surface area contributed by atoms with Crippen LogP contribution in [0.5, 0.6) is 0 Å². The Balaban J connectivity index is 1.25. The lowest BCUT2D eigenvalue weighted by Gasteiger charge is -2.39. The zero-order valence-corrected chi connectivity index (χ0v) is 22.8. The number of amides is 1. The zero-order valence-electron chi connectivity index (χ0n) is 20.5. The van der Waals surface area contributed by atoms with Crippen molar-refractivity contribution in [1.82, 2.24) is 10.2 Å². The fourth-order valence-corrected chi connectivity index (χ4v) is 8.25. The Labute approximate surface area is 228 Å². The van der Waals surface area contributed by atoms with Crippen molar-refractivity contribution in [1.29, 1.82) is 0 Å². The first kappa shape index (κ1) is 26.2. The molecule has 2 aliphatic heterocycles. The molecule has 1 spiro atoms. The normalized spacial score (nSPS) is 18.9. The Morgan fingerprint density at radius 2 is 1.65 bits per heavy atom. The number of halogens is 2. The highest BCUT2D eigenvalue weighted by molar-refractivity contribution is 7.91. The molecule has 2 aliphatic rings. The van der Waals surface area contributed by atoms with Crippen LogP contribution in [0.4, 0.5) is 0 Å². The Morgan fingerprint density at radius 1 is 0.946 bits per heavy atom. The van der Waals surface area contributed by atoms with Gasteiger partial charge in [-0.15, -0.1) is 0 Å². The summed E-state index contributed by atoms with van der Waals surface area (Å²) in [5.41, 5.74) is 2.38. The molecule has 1 saturated heterocycles. The van der Waals surface area contributed by atoms with E-state index >= 15 is 0 Å². The van der Waals surface area contributed by atoms with Gasteiger partial charge in [-0.2, -0.15) is 0 Å². The number of carbonyl (C=O) groups is 1. The molecule has 5 rings (SSSR count). The largest absolute Gasteiger partial charge is 0.351 e. The Morgan fingerprint density at radius 3 is 2.38 bits per heavy atom. The van der Waals surface area contributed by atoms with Crippen molar-refractivity contribution in [3.63, 3.8) is 0 Å². The van der Waals surface area contributed by atoms with E-state index in [4.69, 9.17) is 23.2 Å². The maximum absolute atomic E-state index is 12.8. The number of hydrogen-bond acceptors (Lipinski definition) is 4. The number of sulfone groups is 1. The molecule has 8 heteroatoms. The van der Waals surface area contributed by atoms with E-state index < -0.39 is 9.84 Å². The van der Waals surface area contributed by atoms with Gasteiger partial charge in [0.1, 0.15) is 0 Å². The van der Waals surface area contributed by atoms with Crippen LogP contribution >= 0.6 is 23.2 Å². The van der Waals surface area contributed by atoms with Crippen molar-refractivity contribution in [3.05, 3.63) is 99.5 Å². The van der Waals surface area contributed by atoms with Crippen LogP contribution in [0, 0.1) is 0 Å². The second kappa shape index (κ2) is 10.8. The van der Waals surface area contributed by atoms with Crippen molar-refractivity contribution in [3.8, 4) is 0 Å². The number of piperidine rings is 1. The van der Waals surface area contributed by atoms with E-state index in [-0.39, 0.29) is 23.0 Å². The lowest BCUT2D eigenvalue weighted by Crippen LogP contribution is -2.44. The van der Waals surface area contributed by atoms with Gasteiger partial charge < -0.3 is 10.2 Å². The summed E-state index contributed by atoms with van der Waals surface area (Å²) >= 11 is 12.5. The molecule has 0 saturated carbocycles. The molecule has 2 heterocycles. The number of hydrogen-bond donors (Lipinski definition) is 1. The molecule has 3 aromatic carbocycles. The average molecular weight is 558 g/mol. The first-order valence-electron chi connectivity index (χ1n) is 12.6. The fourth-order valence-electron chi connectivity index (χ4n) is 5.71. The highest BCUT2D eigenvalue weighted by Crippen LogP contribution is 2.46. The molecule has 1 fully saturated rings. The van der Waals surface area contributed by atoms with Crippen LogP contribution < -0.4 is 5.32 Å². The summed E-state index contributed by atoms with van der Waals surface area (Å²) in [5.74, 6) is 0.169. The maximum Gasteiger partial charge on any atom is 0.251 e. The third-order valence-corrected chi connectivity index (χ3v) is 10.5. The molecule has 194 valence electrons. The van der Waals surface area contributed by atoms with Gasteiger partial charge in [-0.1, -0.05) is 65.7 Å². The van der Waals surface area contributed by atoms with Crippen LogP contribution in [0.25, 0.3) is 0 Å². The summed E-state index contributed by atoms with van der Waals surface area (Å²) in [6.45, 7) is 3.01. The monoisotopic (exact) mass is 556 g/mol. The molecule has 1 amide bonds. The van der Waals surface area contributed by atoms with Gasteiger partial charge in [0.2, 0.25) is 0 Å². The van der Waals surface area contributed by atoms with Crippen LogP contribution in [0.15, 0.2) is 77.7 Å². The topological polar surface area (TPSA) is 66.5 Å². The number of benzene rings is 3. The minimum atomic E-state index is -3.22. The van der Waals surface area contributed by atoms with Crippen LogP contribution in [0.3, 0.4) is 0 Å². The minimum Gasteiger partial charge on any atom is -0.351 e. The molecular formula is C29H30Cl2N2O3S. The van der Waals surface area contributed by atoms with E-state index in [1.54, 1.807) is 24.3 Å². The van der Waals surface area contributed by atoms with Crippen LogP contribution in [-0.2, 0) is 15.3 Å². The highest BCUT2D eigenvalue weighted by atomic mass is 35.5. The summed E-state index contributed by atoms with van der Waals surface area (Å²) in [5, 5.41) is 4.08. The first-order chi connectivity index (χ1) is 17.8. The number of carbonyl (C=O) groups excluding carboxylic acids is 1. The van der Waals surface area contributed by atoms with Crippen molar-refractivity contribution in [2.24, 2.45) is 0 Å². The van der Waals surface area contributed by atoms with Gasteiger partial charge >= 0.3 is 0 Å². The molecular weight excluding hydrogens is 527 g/mol. The van der Waals surface area contributed by atoms with Gasteiger partial charge in [0, 0.05) is 23.4 Å². The van der Waals surface area contributed by atoms with Crippen LogP contribution in [0.1, 0.15) is 46.7 Å². The maximum atomic E-state index is 12.8. The van der Waals surface area contributed by atoms with Crippen LogP contribution in [0.2, 0.25) is 10.0 Å². The second-order valence-electron chi connectivity index (χ2n) is 10.1. The predicted octanol–water partition coefficient (Wildman–Crippen LogP) is 5.72. The van der Waals surface area contributed by atoms with Crippen LogP contribution in [-0.4, -0.2) is 51.2 Å². The number of likely N-dealkylation sites (tertiary alicyclic amines) is 1. The van der Waals surface area contributed by atoms with Crippen molar-refractivity contribution in [2.45, 2.75) is 35.5 Å². The molecule has 0 bridgehead atoms. The number of rotatable bonds is 7. The number of nitrogens with zero attached hydrogens (tertiary/aromatic N) is 1. The summed E-state index contributed by atoms with van der Waals surface area (Å²) in [6, 6.07) is 22.3. The Hall–Kier alpha value is -2.38. The highest BCUT2D eigenvalue weighted by Gasteiger charge is 2.48. The van der Waals surface area contributed by atoms with E-state index in [0.717, 1.165) is 50.0 Å². The molecule has 5 nitrogen and oxygen atoms in total. The number of fused-ring (bicyclic) bond motifs is 2. The molecule has 0 radical (unpaired) electrons. The van der Waals surface area contributed by atoms with Gasteiger partial charge in [0.15, 0.2) is 9.84 Å². The number of nitrogens with one attached hydrogen (secondary N) is 1.